The van der Waals surface area contributed by atoms with Crippen molar-refractivity contribution in [3.8, 4) is 28.3 Å². The van der Waals surface area contributed by atoms with Gasteiger partial charge in [0.1, 0.15) is 12.4 Å². The molecular weight excluding hydrogens is 436 g/mol. The molecule has 0 saturated carbocycles. The van der Waals surface area contributed by atoms with Gasteiger partial charge < -0.3 is 20.1 Å². The van der Waals surface area contributed by atoms with Gasteiger partial charge in [-0.3, -0.25) is 0 Å². The molecule has 11 heteroatoms. The van der Waals surface area contributed by atoms with Crippen molar-refractivity contribution in [3.63, 3.8) is 0 Å². The lowest BCUT2D eigenvalue weighted by molar-refractivity contribution is 0.274. The van der Waals surface area contributed by atoms with E-state index in [1.165, 1.54) is 19.2 Å². The number of ether oxygens (including phenoxy) is 1. The first-order chi connectivity index (χ1) is 18.6. The number of aliphatic hydroxyl groups excluding tert-OH is 1. The van der Waals surface area contributed by atoms with Crippen LogP contribution in [0.3, 0.4) is 0 Å². The van der Waals surface area contributed by atoms with Crippen LogP contribution in [0.5, 0.6) is 5.88 Å². The molecular formula is C23H22N8O3. The number of hydrogen-bond acceptors (Lipinski definition) is 8. The first-order valence-electron chi connectivity index (χ1n) is 12.6. The van der Waals surface area contributed by atoms with Crippen LogP contribution in [0.25, 0.3) is 28.0 Å². The van der Waals surface area contributed by atoms with E-state index in [1.807, 2.05) is 0 Å². The zero-order chi connectivity index (χ0) is 28.2. The lowest BCUT2D eigenvalue weighted by Gasteiger charge is -2.13. The molecule has 172 valence electrons. The summed E-state index contributed by atoms with van der Waals surface area (Å²) in [5.74, 6) is 0.343. The Balaban J connectivity index is 1.93. The van der Waals surface area contributed by atoms with Crippen molar-refractivity contribution in [1.29, 1.82) is 0 Å². The van der Waals surface area contributed by atoms with Gasteiger partial charge in [-0.1, -0.05) is 30.2 Å². The van der Waals surface area contributed by atoms with Crippen molar-refractivity contribution in [2.45, 2.75) is 13.2 Å². The van der Waals surface area contributed by atoms with Gasteiger partial charge in [-0.25, -0.2) is 28.8 Å². The van der Waals surface area contributed by atoms with E-state index < -0.39 is 42.5 Å². The van der Waals surface area contributed by atoms with E-state index in [-0.39, 0.29) is 46.5 Å². The zero-order valence-electron chi connectivity index (χ0n) is 23.2. The summed E-state index contributed by atoms with van der Waals surface area (Å²) in [7, 11) is 3.15. The second-order valence-electron chi connectivity index (χ2n) is 7.29. The largest absolute Gasteiger partial charge is 0.481 e. The number of rotatable bonds is 6. The summed E-state index contributed by atoms with van der Waals surface area (Å²) in [5.41, 5.74) is 5.88. The summed E-state index contributed by atoms with van der Waals surface area (Å²) >= 11 is 0. The second kappa shape index (κ2) is 8.45. The lowest BCUT2D eigenvalue weighted by Crippen LogP contribution is -2.24. The number of methoxy groups -OCH3 is 1. The van der Waals surface area contributed by atoms with E-state index in [2.05, 4.69) is 20.1 Å². The number of pyridine rings is 1. The van der Waals surface area contributed by atoms with E-state index in [1.54, 1.807) is 24.0 Å². The third-order valence-corrected chi connectivity index (χ3v) is 5.22. The van der Waals surface area contributed by atoms with Crippen molar-refractivity contribution in [2.24, 2.45) is 7.05 Å². The predicted molar refractivity (Wildman–Crippen MR) is 125 cm³/mol. The molecule has 4 heterocycles. The first kappa shape index (κ1) is 16.2. The first-order valence-corrected chi connectivity index (χ1v) is 10.1. The van der Waals surface area contributed by atoms with Crippen LogP contribution in [-0.4, -0.2) is 45.9 Å². The topological polar surface area (TPSA) is 138 Å². The SMILES string of the molecule is [2H]c1c([2H])c([2H])c(-c2nc(N)n3c(=O)n(Cc4nccn4C)nc3c2-c2cc(CO)nc(OC)c2)c([2H])c1[2H]. The highest BCUT2D eigenvalue weighted by Crippen LogP contribution is 2.35. The van der Waals surface area contributed by atoms with Gasteiger partial charge in [-0.15, -0.1) is 5.10 Å². The minimum absolute atomic E-state index is 0.000614. The number of imidazole rings is 1. The molecule has 5 rings (SSSR count). The number of benzene rings is 1. The van der Waals surface area contributed by atoms with E-state index in [4.69, 9.17) is 17.3 Å². The average molecular weight is 464 g/mol. The number of anilines is 1. The highest BCUT2D eigenvalue weighted by atomic mass is 16.5. The highest BCUT2D eigenvalue weighted by molar-refractivity contribution is 5.91. The zero-order valence-corrected chi connectivity index (χ0v) is 18.2. The van der Waals surface area contributed by atoms with Gasteiger partial charge in [0.15, 0.2) is 5.65 Å². The van der Waals surface area contributed by atoms with Gasteiger partial charge in [0.25, 0.3) is 0 Å². The number of nitrogen functional groups attached to an aromatic ring is 1. The fourth-order valence-corrected chi connectivity index (χ4v) is 3.59. The maximum absolute atomic E-state index is 13.4. The van der Waals surface area contributed by atoms with Gasteiger partial charge in [-0.05, 0) is 11.6 Å². The summed E-state index contributed by atoms with van der Waals surface area (Å²) in [6, 6.07) is 0.238. The van der Waals surface area contributed by atoms with E-state index >= 15 is 0 Å². The molecule has 0 spiro atoms. The molecule has 0 saturated heterocycles. The Kier molecular flexibility index (Phi) is 4.01. The third kappa shape index (κ3) is 3.57. The van der Waals surface area contributed by atoms with Crippen LogP contribution in [0.2, 0.25) is 0 Å². The molecule has 0 unspecified atom stereocenters. The molecule has 0 amide bonds. The second-order valence-corrected chi connectivity index (χ2v) is 7.29. The summed E-state index contributed by atoms with van der Waals surface area (Å²) in [6.07, 6.45) is 3.29. The molecule has 0 aliphatic heterocycles. The van der Waals surface area contributed by atoms with E-state index in [9.17, 15) is 9.90 Å². The van der Waals surface area contributed by atoms with Crippen LogP contribution in [0.1, 0.15) is 18.4 Å². The third-order valence-electron chi connectivity index (χ3n) is 5.22. The Morgan fingerprint density at radius 3 is 2.65 bits per heavy atom. The number of nitrogens with two attached hydrogens (primary N) is 1. The maximum atomic E-state index is 13.4. The Hall–Kier alpha value is -4.51. The molecule has 0 fully saturated rings. The minimum Gasteiger partial charge on any atom is -0.481 e. The summed E-state index contributed by atoms with van der Waals surface area (Å²) in [4.78, 5) is 26.2. The normalized spacial score (nSPS) is 13.3. The van der Waals surface area contributed by atoms with Gasteiger partial charge in [0.05, 0.1) is 37.5 Å². The molecule has 5 aromatic rings. The molecule has 1 aromatic carbocycles. The summed E-state index contributed by atoms with van der Waals surface area (Å²) in [6.45, 7) is -0.457. The monoisotopic (exact) mass is 463 g/mol. The summed E-state index contributed by atoms with van der Waals surface area (Å²) in [5, 5.41) is 14.3. The molecule has 11 nitrogen and oxygen atoms in total. The van der Waals surface area contributed by atoms with Gasteiger partial charge in [-0.2, -0.15) is 0 Å². The Bertz CT molecular complexity index is 1780. The lowest BCUT2D eigenvalue weighted by atomic mass is 10.00. The van der Waals surface area contributed by atoms with Crippen LogP contribution in [-0.2, 0) is 20.2 Å². The number of aliphatic hydroxyl groups is 1. The van der Waals surface area contributed by atoms with Gasteiger partial charge >= 0.3 is 5.69 Å². The molecule has 3 N–H and O–H groups in total. The van der Waals surface area contributed by atoms with Gasteiger partial charge in [0, 0.05) is 31.1 Å². The number of aromatic nitrogens is 7. The summed E-state index contributed by atoms with van der Waals surface area (Å²) < 4.78 is 50.6. The van der Waals surface area contributed by atoms with Crippen LogP contribution >= 0.6 is 0 Å². The number of nitrogens with zero attached hydrogens (tertiary/aromatic N) is 7. The molecule has 0 radical (unpaired) electrons. The molecule has 0 atom stereocenters. The van der Waals surface area contributed by atoms with Gasteiger partial charge in [0.2, 0.25) is 11.8 Å². The fourth-order valence-electron chi connectivity index (χ4n) is 3.59. The Morgan fingerprint density at radius 1 is 1.18 bits per heavy atom. The molecule has 34 heavy (non-hydrogen) atoms. The molecule has 0 aliphatic rings. The van der Waals surface area contributed by atoms with Crippen LogP contribution in [0.15, 0.2) is 59.5 Å². The molecule has 4 aromatic heterocycles. The van der Waals surface area contributed by atoms with Crippen molar-refractivity contribution < 1.29 is 16.7 Å². The highest BCUT2D eigenvalue weighted by Gasteiger charge is 2.23. The minimum atomic E-state index is -0.629. The van der Waals surface area contributed by atoms with Crippen molar-refractivity contribution in [2.75, 3.05) is 12.8 Å². The van der Waals surface area contributed by atoms with E-state index in [0.717, 1.165) is 9.08 Å². The van der Waals surface area contributed by atoms with Crippen molar-refractivity contribution in [3.05, 3.63) is 76.7 Å². The predicted octanol–water partition coefficient (Wildman–Crippen LogP) is 1.48. The Labute approximate surface area is 200 Å². The standard InChI is InChI=1S/C23H22N8O3/c1-29-9-8-25-17(29)12-30-23(33)31-21(28-30)19(15-10-16(13-32)26-18(11-15)34-2)20(27-22(31)24)14-6-4-3-5-7-14/h3-11,32H,12-13H2,1-2H3,(H2,24,27)/i3D,4D,5D,6D,7D. The molecule has 0 aliphatic carbocycles. The van der Waals surface area contributed by atoms with Crippen LogP contribution in [0, 0.1) is 0 Å². The van der Waals surface area contributed by atoms with Crippen LogP contribution < -0.4 is 16.2 Å². The fraction of sp³-hybridized carbons (Fsp3) is 0.174. The van der Waals surface area contributed by atoms with Crippen molar-refractivity contribution in [1.82, 2.24) is 33.7 Å². The van der Waals surface area contributed by atoms with E-state index in [0.29, 0.717) is 11.4 Å². The molecule has 0 bridgehead atoms. The maximum Gasteiger partial charge on any atom is 0.353 e. The number of aryl methyl sites for hydroxylation is 1. The van der Waals surface area contributed by atoms with Crippen LogP contribution in [0.4, 0.5) is 5.95 Å². The number of hydrogen-bond donors (Lipinski definition) is 2. The quantitative estimate of drug-likeness (QED) is 0.386. The van der Waals surface area contributed by atoms with Crippen molar-refractivity contribution >= 4 is 11.6 Å². The number of fused-ring (bicyclic) bond motifs is 1. The average Bonchev–Trinajstić information content (AvgIpc) is 3.48. The smallest absolute Gasteiger partial charge is 0.353 e. The Morgan fingerprint density at radius 2 is 1.97 bits per heavy atom.